The number of hydrogen-bond acceptors (Lipinski definition) is 4. The molecule has 0 aromatic heterocycles. The van der Waals surface area contributed by atoms with E-state index in [9.17, 15) is 9.90 Å². The quantitative estimate of drug-likeness (QED) is 0.795. The third-order valence-electron chi connectivity index (χ3n) is 2.48. The summed E-state index contributed by atoms with van der Waals surface area (Å²) in [5.74, 6) is 0.130. The Hall–Kier alpha value is -1.55. The van der Waals surface area contributed by atoms with Crippen molar-refractivity contribution in [2.24, 2.45) is 0 Å². The Balaban J connectivity index is 2.92. The van der Waals surface area contributed by atoms with E-state index in [2.05, 4.69) is 0 Å². The number of rotatable bonds is 5. The van der Waals surface area contributed by atoms with Crippen LogP contribution in [0.3, 0.4) is 0 Å². The number of carbonyl (C=O) groups excluding carboxylic acids is 1. The zero-order valence-electron chi connectivity index (χ0n) is 10.4. The zero-order chi connectivity index (χ0) is 12.9. The largest absolute Gasteiger partial charge is 0.496 e. The van der Waals surface area contributed by atoms with Crippen molar-refractivity contribution in [3.63, 3.8) is 0 Å². The van der Waals surface area contributed by atoms with E-state index in [1.807, 2.05) is 6.07 Å². The first-order valence-electron chi connectivity index (χ1n) is 5.52. The van der Waals surface area contributed by atoms with E-state index in [0.717, 1.165) is 0 Å². The standard InChI is InChI=1S/C13H18O4/c1-4-17-12(14)9-13(2,15)10-7-5-6-8-11(10)16-3/h5-8,15H,4,9H2,1-3H3. The molecule has 1 unspecified atom stereocenters. The second-order valence-electron chi connectivity index (χ2n) is 3.96. The summed E-state index contributed by atoms with van der Waals surface area (Å²) in [6, 6.07) is 7.08. The van der Waals surface area contributed by atoms with Crippen LogP contribution in [0.15, 0.2) is 24.3 Å². The monoisotopic (exact) mass is 238 g/mol. The minimum Gasteiger partial charge on any atom is -0.496 e. The van der Waals surface area contributed by atoms with Gasteiger partial charge in [0.15, 0.2) is 0 Å². The fourth-order valence-electron chi connectivity index (χ4n) is 1.68. The number of benzene rings is 1. The molecule has 1 N–H and O–H groups in total. The van der Waals surface area contributed by atoms with Gasteiger partial charge in [0.1, 0.15) is 11.4 Å². The van der Waals surface area contributed by atoms with Crippen molar-refractivity contribution in [2.45, 2.75) is 25.9 Å². The van der Waals surface area contributed by atoms with Gasteiger partial charge in [-0.05, 0) is 19.9 Å². The van der Waals surface area contributed by atoms with E-state index in [-0.39, 0.29) is 6.42 Å². The van der Waals surface area contributed by atoms with Crippen LogP contribution < -0.4 is 4.74 Å². The van der Waals surface area contributed by atoms with Crippen LogP contribution in [0.25, 0.3) is 0 Å². The molecule has 0 fully saturated rings. The predicted molar refractivity (Wildman–Crippen MR) is 63.8 cm³/mol. The third kappa shape index (κ3) is 3.46. The first kappa shape index (κ1) is 13.5. The molecule has 0 bridgehead atoms. The Labute approximate surface area is 101 Å². The highest BCUT2D eigenvalue weighted by atomic mass is 16.5. The smallest absolute Gasteiger partial charge is 0.309 e. The van der Waals surface area contributed by atoms with E-state index < -0.39 is 11.6 Å². The van der Waals surface area contributed by atoms with E-state index in [1.165, 1.54) is 7.11 Å². The minimum absolute atomic E-state index is 0.0960. The molecule has 0 saturated carbocycles. The van der Waals surface area contributed by atoms with Crippen molar-refractivity contribution in [1.29, 1.82) is 0 Å². The predicted octanol–water partition coefficient (Wildman–Crippen LogP) is 1.86. The third-order valence-corrected chi connectivity index (χ3v) is 2.48. The van der Waals surface area contributed by atoms with Gasteiger partial charge >= 0.3 is 5.97 Å². The van der Waals surface area contributed by atoms with Crippen LogP contribution in [0.4, 0.5) is 0 Å². The van der Waals surface area contributed by atoms with Gasteiger partial charge in [-0.3, -0.25) is 4.79 Å². The number of ether oxygens (including phenoxy) is 2. The second kappa shape index (κ2) is 5.68. The zero-order valence-corrected chi connectivity index (χ0v) is 10.4. The lowest BCUT2D eigenvalue weighted by Crippen LogP contribution is -2.26. The highest BCUT2D eigenvalue weighted by Crippen LogP contribution is 2.32. The van der Waals surface area contributed by atoms with Crippen molar-refractivity contribution >= 4 is 5.97 Å². The Morgan fingerprint density at radius 2 is 2.06 bits per heavy atom. The summed E-state index contributed by atoms with van der Waals surface area (Å²) in [6.07, 6.45) is -0.0960. The summed E-state index contributed by atoms with van der Waals surface area (Å²) >= 11 is 0. The molecule has 0 saturated heterocycles. The first-order chi connectivity index (χ1) is 8.01. The molecule has 1 aromatic carbocycles. The molecule has 0 radical (unpaired) electrons. The van der Waals surface area contributed by atoms with E-state index in [4.69, 9.17) is 9.47 Å². The molecule has 0 spiro atoms. The maximum atomic E-state index is 11.4. The number of esters is 1. The van der Waals surface area contributed by atoms with Gasteiger partial charge in [0.05, 0.1) is 20.1 Å². The molecule has 1 atom stereocenters. The van der Waals surface area contributed by atoms with Crippen LogP contribution in [0.2, 0.25) is 0 Å². The molecule has 94 valence electrons. The van der Waals surface area contributed by atoms with Crippen LogP contribution >= 0.6 is 0 Å². The lowest BCUT2D eigenvalue weighted by atomic mass is 9.92. The molecule has 17 heavy (non-hydrogen) atoms. The summed E-state index contributed by atoms with van der Waals surface area (Å²) in [5, 5.41) is 10.3. The maximum Gasteiger partial charge on any atom is 0.309 e. The van der Waals surface area contributed by atoms with Crippen LogP contribution in [-0.4, -0.2) is 24.8 Å². The topological polar surface area (TPSA) is 55.8 Å². The van der Waals surface area contributed by atoms with Gasteiger partial charge < -0.3 is 14.6 Å². The van der Waals surface area contributed by atoms with Crippen LogP contribution in [0.5, 0.6) is 5.75 Å². The Morgan fingerprint density at radius 1 is 1.41 bits per heavy atom. The molecule has 1 aromatic rings. The van der Waals surface area contributed by atoms with Gasteiger partial charge in [0.25, 0.3) is 0 Å². The molecule has 1 rings (SSSR count). The maximum absolute atomic E-state index is 11.4. The number of aliphatic hydroxyl groups is 1. The highest BCUT2D eigenvalue weighted by Gasteiger charge is 2.30. The fourth-order valence-corrected chi connectivity index (χ4v) is 1.68. The molecule has 0 aliphatic heterocycles. The Kier molecular flexibility index (Phi) is 4.52. The van der Waals surface area contributed by atoms with Gasteiger partial charge in [-0.1, -0.05) is 18.2 Å². The number of para-hydroxylation sites is 1. The molecule has 0 aliphatic carbocycles. The SMILES string of the molecule is CCOC(=O)CC(C)(O)c1ccccc1OC. The van der Waals surface area contributed by atoms with Gasteiger partial charge in [-0.2, -0.15) is 0 Å². The number of hydrogen-bond donors (Lipinski definition) is 1. The molecular formula is C13H18O4. The summed E-state index contributed by atoms with van der Waals surface area (Å²) in [6.45, 7) is 3.61. The average molecular weight is 238 g/mol. The second-order valence-corrected chi connectivity index (χ2v) is 3.96. The van der Waals surface area contributed by atoms with Gasteiger partial charge in [-0.25, -0.2) is 0 Å². The molecule has 0 amide bonds. The van der Waals surface area contributed by atoms with Crippen molar-refractivity contribution in [3.05, 3.63) is 29.8 Å². The van der Waals surface area contributed by atoms with Gasteiger partial charge in [-0.15, -0.1) is 0 Å². The van der Waals surface area contributed by atoms with Gasteiger partial charge in [0.2, 0.25) is 0 Å². The Bertz CT molecular complexity index is 385. The summed E-state index contributed by atoms with van der Waals surface area (Å²) in [5.41, 5.74) is -0.714. The van der Waals surface area contributed by atoms with Crippen molar-refractivity contribution < 1.29 is 19.4 Å². The molecular weight excluding hydrogens is 220 g/mol. The number of methoxy groups -OCH3 is 1. The van der Waals surface area contributed by atoms with Crippen LogP contribution in [0.1, 0.15) is 25.8 Å². The summed E-state index contributed by atoms with van der Waals surface area (Å²) < 4.78 is 9.99. The molecule has 4 heteroatoms. The number of carbonyl (C=O) groups is 1. The first-order valence-corrected chi connectivity index (χ1v) is 5.52. The molecule has 4 nitrogen and oxygen atoms in total. The van der Waals surface area contributed by atoms with E-state index in [1.54, 1.807) is 32.0 Å². The molecule has 0 aliphatic rings. The van der Waals surface area contributed by atoms with Gasteiger partial charge in [0, 0.05) is 5.56 Å². The van der Waals surface area contributed by atoms with Crippen LogP contribution in [0, 0.1) is 0 Å². The van der Waals surface area contributed by atoms with Crippen LogP contribution in [-0.2, 0) is 15.1 Å². The average Bonchev–Trinajstić information content (AvgIpc) is 2.28. The Morgan fingerprint density at radius 3 is 2.65 bits per heavy atom. The summed E-state index contributed by atoms with van der Waals surface area (Å²) in [4.78, 5) is 11.4. The molecule has 0 heterocycles. The van der Waals surface area contributed by atoms with Crippen molar-refractivity contribution in [3.8, 4) is 5.75 Å². The lowest BCUT2D eigenvalue weighted by molar-refractivity contribution is -0.148. The summed E-state index contributed by atoms with van der Waals surface area (Å²) in [7, 11) is 1.53. The van der Waals surface area contributed by atoms with Crippen molar-refractivity contribution in [1.82, 2.24) is 0 Å². The lowest BCUT2D eigenvalue weighted by Gasteiger charge is -2.24. The van der Waals surface area contributed by atoms with E-state index >= 15 is 0 Å². The van der Waals surface area contributed by atoms with Crippen molar-refractivity contribution in [2.75, 3.05) is 13.7 Å². The van der Waals surface area contributed by atoms with E-state index in [0.29, 0.717) is 17.9 Å². The normalized spacial score (nSPS) is 13.9. The minimum atomic E-state index is -1.29. The fraction of sp³-hybridized carbons (Fsp3) is 0.462. The highest BCUT2D eigenvalue weighted by molar-refractivity contribution is 5.71.